The van der Waals surface area contributed by atoms with E-state index >= 15 is 0 Å². The molecule has 0 aromatic carbocycles. The van der Waals surface area contributed by atoms with Gasteiger partial charge in [0.2, 0.25) is 0 Å². The third kappa shape index (κ3) is 2.16. The Morgan fingerprint density at radius 1 is 0.962 bits per heavy atom. The summed E-state index contributed by atoms with van der Waals surface area (Å²) in [6.45, 7) is 12.1. The van der Waals surface area contributed by atoms with E-state index in [0.29, 0.717) is 29.0 Å². The van der Waals surface area contributed by atoms with Gasteiger partial charge in [-0.1, -0.05) is 20.8 Å². The zero-order valence-electron chi connectivity index (χ0n) is 17.3. The Kier molecular flexibility index (Phi) is 3.36. The van der Waals surface area contributed by atoms with Gasteiger partial charge in [0, 0.05) is 12.8 Å². The van der Waals surface area contributed by atoms with Crippen molar-refractivity contribution in [3.8, 4) is 0 Å². The van der Waals surface area contributed by atoms with E-state index in [1.54, 1.807) is 0 Å². The minimum atomic E-state index is -0.437. The third-order valence-electron chi connectivity index (χ3n) is 9.40. The Hall–Kier alpha value is -0.410. The SMILES string of the molecule is CC1(C)OC[C@]2(C[C@@]34CC[C@@H]5C(C)(C)CC(=O)C[C@@]5(C)[C@@H]3CC[C@@H]2C4)O1. The number of carbonyl (C=O) groups excluding carboxylic acids is 1. The van der Waals surface area contributed by atoms with E-state index in [-0.39, 0.29) is 16.4 Å². The van der Waals surface area contributed by atoms with Gasteiger partial charge in [-0.2, -0.15) is 0 Å². The molecule has 26 heavy (non-hydrogen) atoms. The van der Waals surface area contributed by atoms with Crippen LogP contribution in [0.15, 0.2) is 0 Å². The summed E-state index contributed by atoms with van der Waals surface area (Å²) in [6, 6.07) is 0. The Balaban J connectivity index is 1.52. The molecule has 1 heterocycles. The van der Waals surface area contributed by atoms with E-state index < -0.39 is 5.79 Å². The largest absolute Gasteiger partial charge is 0.347 e. The fourth-order valence-electron chi connectivity index (χ4n) is 8.97. The summed E-state index contributed by atoms with van der Waals surface area (Å²) in [5.74, 6) is 2.08. The zero-order chi connectivity index (χ0) is 18.6. The van der Waals surface area contributed by atoms with Crippen molar-refractivity contribution in [2.45, 2.75) is 97.4 Å². The van der Waals surface area contributed by atoms with Gasteiger partial charge in [0.25, 0.3) is 0 Å². The summed E-state index contributed by atoms with van der Waals surface area (Å²) in [5, 5.41) is 0. The van der Waals surface area contributed by atoms with Crippen LogP contribution in [0.2, 0.25) is 0 Å². The molecule has 3 nitrogen and oxygen atoms in total. The first-order valence-corrected chi connectivity index (χ1v) is 10.9. The minimum Gasteiger partial charge on any atom is -0.347 e. The molecule has 0 aromatic rings. The van der Waals surface area contributed by atoms with Crippen molar-refractivity contribution in [1.82, 2.24) is 0 Å². The lowest BCUT2D eigenvalue weighted by Crippen LogP contribution is -2.57. The molecule has 2 spiro atoms. The van der Waals surface area contributed by atoms with Gasteiger partial charge in [-0.3, -0.25) is 4.79 Å². The molecule has 0 amide bonds. The van der Waals surface area contributed by atoms with E-state index in [4.69, 9.17) is 9.47 Å². The van der Waals surface area contributed by atoms with Crippen molar-refractivity contribution in [3.63, 3.8) is 0 Å². The van der Waals surface area contributed by atoms with Crippen LogP contribution in [-0.4, -0.2) is 23.8 Å². The molecule has 1 aliphatic heterocycles. The minimum absolute atomic E-state index is 0.0599. The number of Topliss-reactive ketones (excluding diaryl/α,β-unsaturated/α-hetero) is 1. The molecule has 5 fully saturated rings. The molecule has 0 radical (unpaired) electrons. The molecule has 0 aromatic heterocycles. The summed E-state index contributed by atoms with van der Waals surface area (Å²) in [6.07, 6.45) is 9.22. The highest BCUT2D eigenvalue weighted by Gasteiger charge is 2.70. The number of ether oxygens (including phenoxy) is 2. The Morgan fingerprint density at radius 2 is 1.73 bits per heavy atom. The van der Waals surface area contributed by atoms with Crippen molar-refractivity contribution < 1.29 is 14.3 Å². The summed E-state index contributed by atoms with van der Waals surface area (Å²) in [5.41, 5.74) is 0.664. The van der Waals surface area contributed by atoms with E-state index in [9.17, 15) is 4.79 Å². The fourth-order valence-corrected chi connectivity index (χ4v) is 8.97. The van der Waals surface area contributed by atoms with E-state index in [1.807, 2.05) is 0 Å². The summed E-state index contributed by atoms with van der Waals surface area (Å²) < 4.78 is 12.7. The molecule has 5 aliphatic rings. The third-order valence-corrected chi connectivity index (χ3v) is 9.40. The first-order valence-electron chi connectivity index (χ1n) is 10.9. The molecule has 0 N–H and O–H groups in total. The number of hydrogen-bond acceptors (Lipinski definition) is 3. The summed E-state index contributed by atoms with van der Waals surface area (Å²) >= 11 is 0. The van der Waals surface area contributed by atoms with Crippen molar-refractivity contribution in [2.75, 3.05) is 6.61 Å². The maximum absolute atomic E-state index is 12.7. The highest BCUT2D eigenvalue weighted by atomic mass is 16.8. The van der Waals surface area contributed by atoms with Gasteiger partial charge in [0.1, 0.15) is 5.78 Å². The molecule has 6 atom stereocenters. The van der Waals surface area contributed by atoms with Crippen LogP contribution in [0.1, 0.15) is 86.0 Å². The molecule has 5 rings (SSSR count). The molecule has 2 bridgehead atoms. The average Bonchev–Trinajstić information content (AvgIpc) is 2.90. The lowest BCUT2D eigenvalue weighted by Gasteiger charge is -2.63. The molecule has 146 valence electrons. The van der Waals surface area contributed by atoms with Crippen molar-refractivity contribution in [3.05, 3.63) is 0 Å². The average molecular weight is 361 g/mol. The fraction of sp³-hybridized carbons (Fsp3) is 0.957. The summed E-state index contributed by atoms with van der Waals surface area (Å²) in [7, 11) is 0. The lowest BCUT2D eigenvalue weighted by molar-refractivity contribution is -0.171. The predicted octanol–water partition coefficient (Wildman–Crippen LogP) is 5.12. The smallest absolute Gasteiger partial charge is 0.163 e. The molecule has 3 heteroatoms. The number of ketones is 1. The van der Waals surface area contributed by atoms with Gasteiger partial charge in [-0.05, 0) is 86.4 Å². The second-order valence-electron chi connectivity index (χ2n) is 11.9. The highest BCUT2D eigenvalue weighted by Crippen LogP contribution is 2.73. The Bertz CT molecular complexity index is 652. The van der Waals surface area contributed by atoms with Crippen LogP contribution >= 0.6 is 0 Å². The molecule has 1 saturated heterocycles. The van der Waals surface area contributed by atoms with Crippen LogP contribution < -0.4 is 0 Å². The maximum Gasteiger partial charge on any atom is 0.163 e. The van der Waals surface area contributed by atoms with Gasteiger partial charge >= 0.3 is 0 Å². The van der Waals surface area contributed by atoms with Crippen molar-refractivity contribution in [1.29, 1.82) is 0 Å². The first kappa shape index (κ1) is 17.7. The Labute approximate surface area is 158 Å². The highest BCUT2D eigenvalue weighted by molar-refractivity contribution is 5.81. The van der Waals surface area contributed by atoms with Crippen LogP contribution in [0.4, 0.5) is 0 Å². The standard InChI is InChI=1S/C23H36O3/c1-19(2)11-16(24)12-21(5)17(19)8-9-22-10-15(6-7-18(21)22)23(13-22)14-25-20(3,4)26-23/h15,17-18H,6-14H2,1-5H3/t15-,17-,18+,21-,22+,23+/m1/s1. The van der Waals surface area contributed by atoms with Gasteiger partial charge in [0.05, 0.1) is 12.2 Å². The number of hydrogen-bond donors (Lipinski definition) is 0. The topological polar surface area (TPSA) is 35.5 Å². The van der Waals surface area contributed by atoms with Crippen LogP contribution in [0.3, 0.4) is 0 Å². The number of rotatable bonds is 0. The van der Waals surface area contributed by atoms with Crippen molar-refractivity contribution >= 4 is 5.78 Å². The predicted molar refractivity (Wildman–Crippen MR) is 101 cm³/mol. The van der Waals surface area contributed by atoms with E-state index in [0.717, 1.165) is 25.9 Å². The van der Waals surface area contributed by atoms with Crippen LogP contribution in [0, 0.1) is 34.0 Å². The molecule has 0 unspecified atom stereocenters. The van der Waals surface area contributed by atoms with Crippen molar-refractivity contribution in [2.24, 2.45) is 34.0 Å². The van der Waals surface area contributed by atoms with Gasteiger partial charge in [-0.25, -0.2) is 0 Å². The molecular formula is C23H36O3. The maximum atomic E-state index is 12.7. The monoisotopic (exact) mass is 360 g/mol. The first-order chi connectivity index (χ1) is 12.0. The van der Waals surface area contributed by atoms with Crippen LogP contribution in [-0.2, 0) is 14.3 Å². The Morgan fingerprint density at radius 3 is 2.42 bits per heavy atom. The van der Waals surface area contributed by atoms with Gasteiger partial charge in [-0.15, -0.1) is 0 Å². The second kappa shape index (κ2) is 4.95. The molecular weight excluding hydrogens is 324 g/mol. The lowest BCUT2D eigenvalue weighted by atomic mass is 9.41. The summed E-state index contributed by atoms with van der Waals surface area (Å²) in [4.78, 5) is 12.7. The quantitative estimate of drug-likeness (QED) is 0.601. The van der Waals surface area contributed by atoms with Gasteiger partial charge in [0.15, 0.2) is 5.79 Å². The van der Waals surface area contributed by atoms with Crippen LogP contribution in [0.25, 0.3) is 0 Å². The van der Waals surface area contributed by atoms with E-state index in [2.05, 4.69) is 34.6 Å². The van der Waals surface area contributed by atoms with Gasteiger partial charge < -0.3 is 9.47 Å². The molecule has 4 saturated carbocycles. The zero-order valence-corrected chi connectivity index (χ0v) is 17.3. The van der Waals surface area contributed by atoms with E-state index in [1.165, 1.54) is 32.1 Å². The molecule has 4 aliphatic carbocycles. The van der Waals surface area contributed by atoms with Crippen LogP contribution in [0.5, 0.6) is 0 Å². The number of fused-ring (bicyclic) bond motifs is 4. The number of carbonyl (C=O) groups is 1. The normalized spacial score (nSPS) is 54.2. The second-order valence-corrected chi connectivity index (χ2v) is 11.9.